The van der Waals surface area contributed by atoms with Crippen LogP contribution in [0.3, 0.4) is 0 Å². The van der Waals surface area contributed by atoms with Gasteiger partial charge in [-0.1, -0.05) is 5.16 Å². The van der Waals surface area contributed by atoms with Crippen LogP contribution in [0.4, 0.5) is 0 Å². The van der Waals surface area contributed by atoms with Crippen LogP contribution in [-0.4, -0.2) is 47.3 Å². The standard InChI is InChI=1S/C19H25N3O4/c1-4-24-16-9-8-14(11-17(16)25-5-2)19(23)22-10-6-7-15(12-22)18-20-13(3)21-26-18/h8-9,11,15H,4-7,10,12H2,1-3H3. The van der Waals surface area contributed by atoms with E-state index in [-0.39, 0.29) is 11.8 Å². The van der Waals surface area contributed by atoms with E-state index in [0.29, 0.717) is 48.5 Å². The van der Waals surface area contributed by atoms with Crippen LogP contribution in [-0.2, 0) is 0 Å². The molecule has 1 saturated heterocycles. The summed E-state index contributed by atoms with van der Waals surface area (Å²) in [7, 11) is 0. The highest BCUT2D eigenvalue weighted by molar-refractivity contribution is 5.95. The molecule has 0 N–H and O–H groups in total. The number of benzene rings is 1. The third kappa shape index (κ3) is 3.98. The Bertz CT molecular complexity index is 759. The van der Waals surface area contributed by atoms with E-state index < -0.39 is 0 Å². The topological polar surface area (TPSA) is 77.7 Å². The molecule has 7 nitrogen and oxygen atoms in total. The molecule has 26 heavy (non-hydrogen) atoms. The predicted octanol–water partition coefficient (Wildman–Crippen LogP) is 3.20. The minimum atomic E-state index is -0.0186. The zero-order chi connectivity index (χ0) is 18.5. The lowest BCUT2D eigenvalue weighted by molar-refractivity contribution is 0.0695. The van der Waals surface area contributed by atoms with Crippen molar-refractivity contribution in [2.75, 3.05) is 26.3 Å². The lowest BCUT2D eigenvalue weighted by Crippen LogP contribution is -2.39. The summed E-state index contributed by atoms with van der Waals surface area (Å²) in [5.41, 5.74) is 0.597. The SMILES string of the molecule is CCOc1ccc(C(=O)N2CCCC(c3nc(C)no3)C2)cc1OCC. The monoisotopic (exact) mass is 359 g/mol. The van der Waals surface area contributed by atoms with Gasteiger partial charge in [-0.2, -0.15) is 4.98 Å². The van der Waals surface area contributed by atoms with Gasteiger partial charge in [0.15, 0.2) is 17.3 Å². The maximum absolute atomic E-state index is 13.0. The number of aromatic nitrogens is 2. The van der Waals surface area contributed by atoms with Crippen molar-refractivity contribution in [2.45, 2.75) is 39.5 Å². The Morgan fingerprint density at radius 1 is 1.27 bits per heavy atom. The molecule has 1 atom stereocenters. The number of hydrogen-bond acceptors (Lipinski definition) is 6. The van der Waals surface area contributed by atoms with Crippen molar-refractivity contribution in [3.8, 4) is 11.5 Å². The second-order valence-electron chi connectivity index (χ2n) is 6.30. The van der Waals surface area contributed by atoms with E-state index in [1.165, 1.54) is 0 Å². The normalized spacial score (nSPS) is 17.2. The van der Waals surface area contributed by atoms with Crippen molar-refractivity contribution < 1.29 is 18.8 Å². The van der Waals surface area contributed by atoms with Gasteiger partial charge in [-0.25, -0.2) is 0 Å². The fourth-order valence-corrected chi connectivity index (χ4v) is 3.21. The number of carbonyl (C=O) groups is 1. The summed E-state index contributed by atoms with van der Waals surface area (Å²) in [6, 6.07) is 5.35. The van der Waals surface area contributed by atoms with E-state index >= 15 is 0 Å². The quantitative estimate of drug-likeness (QED) is 0.788. The number of rotatable bonds is 6. The molecule has 2 heterocycles. The summed E-state index contributed by atoms with van der Waals surface area (Å²) in [4.78, 5) is 19.1. The van der Waals surface area contributed by atoms with Crippen LogP contribution in [0.5, 0.6) is 11.5 Å². The summed E-state index contributed by atoms with van der Waals surface area (Å²) >= 11 is 0. The number of aryl methyl sites for hydroxylation is 1. The van der Waals surface area contributed by atoms with E-state index in [1.807, 2.05) is 18.7 Å². The summed E-state index contributed by atoms with van der Waals surface area (Å²) in [5.74, 6) is 2.56. The Morgan fingerprint density at radius 2 is 2.04 bits per heavy atom. The van der Waals surface area contributed by atoms with Gasteiger partial charge in [-0.15, -0.1) is 0 Å². The first-order chi connectivity index (χ1) is 12.6. The Labute approximate surface area is 153 Å². The minimum Gasteiger partial charge on any atom is -0.490 e. The highest BCUT2D eigenvalue weighted by Gasteiger charge is 2.29. The number of amides is 1. The van der Waals surface area contributed by atoms with Crippen LogP contribution in [0, 0.1) is 6.92 Å². The molecular formula is C19H25N3O4. The highest BCUT2D eigenvalue weighted by Crippen LogP contribution is 2.31. The number of ether oxygens (including phenoxy) is 2. The second kappa shape index (κ2) is 8.21. The van der Waals surface area contributed by atoms with Crippen molar-refractivity contribution in [1.29, 1.82) is 0 Å². The largest absolute Gasteiger partial charge is 0.490 e. The highest BCUT2D eigenvalue weighted by atomic mass is 16.5. The Balaban J connectivity index is 1.76. The van der Waals surface area contributed by atoms with E-state index in [4.69, 9.17) is 14.0 Å². The molecule has 0 saturated carbocycles. The first-order valence-electron chi connectivity index (χ1n) is 9.11. The number of nitrogens with zero attached hydrogens (tertiary/aromatic N) is 3. The molecule has 1 aromatic heterocycles. The maximum Gasteiger partial charge on any atom is 0.254 e. The Hall–Kier alpha value is -2.57. The van der Waals surface area contributed by atoms with Crippen molar-refractivity contribution in [1.82, 2.24) is 15.0 Å². The van der Waals surface area contributed by atoms with Gasteiger partial charge in [-0.05, 0) is 51.8 Å². The molecule has 0 bridgehead atoms. The van der Waals surface area contributed by atoms with Crippen molar-refractivity contribution in [3.63, 3.8) is 0 Å². The molecule has 140 valence electrons. The number of likely N-dealkylation sites (tertiary alicyclic amines) is 1. The number of piperidine rings is 1. The fourth-order valence-electron chi connectivity index (χ4n) is 3.21. The van der Waals surface area contributed by atoms with Crippen LogP contribution in [0.1, 0.15) is 54.7 Å². The lowest BCUT2D eigenvalue weighted by atomic mass is 9.97. The number of carbonyl (C=O) groups excluding carboxylic acids is 1. The van der Waals surface area contributed by atoms with Crippen molar-refractivity contribution in [2.24, 2.45) is 0 Å². The van der Waals surface area contributed by atoms with Crippen LogP contribution in [0.2, 0.25) is 0 Å². The van der Waals surface area contributed by atoms with Gasteiger partial charge in [0.05, 0.1) is 19.1 Å². The summed E-state index contributed by atoms with van der Waals surface area (Å²) in [5, 5.41) is 3.86. The molecule has 1 aliphatic rings. The van der Waals surface area contributed by atoms with Crippen LogP contribution in [0.15, 0.2) is 22.7 Å². The van der Waals surface area contributed by atoms with Crippen LogP contribution < -0.4 is 9.47 Å². The smallest absolute Gasteiger partial charge is 0.254 e. The van der Waals surface area contributed by atoms with Gasteiger partial charge in [0, 0.05) is 18.7 Å². The molecule has 0 aliphatic carbocycles. The van der Waals surface area contributed by atoms with Gasteiger partial charge in [0.25, 0.3) is 5.91 Å². The molecule has 0 spiro atoms. The van der Waals surface area contributed by atoms with E-state index in [1.54, 1.807) is 25.1 Å². The molecule has 1 unspecified atom stereocenters. The third-order valence-electron chi connectivity index (χ3n) is 4.39. The molecule has 7 heteroatoms. The molecule has 2 aromatic rings. The predicted molar refractivity (Wildman–Crippen MR) is 95.7 cm³/mol. The number of hydrogen-bond donors (Lipinski definition) is 0. The summed E-state index contributed by atoms with van der Waals surface area (Å²) in [6.45, 7) is 7.99. The van der Waals surface area contributed by atoms with E-state index in [9.17, 15) is 4.79 Å². The Kier molecular flexibility index (Phi) is 5.75. The molecule has 1 fully saturated rings. The third-order valence-corrected chi connectivity index (χ3v) is 4.39. The average Bonchev–Trinajstić information content (AvgIpc) is 3.09. The molecule has 1 amide bonds. The first kappa shape index (κ1) is 18.2. The molecule has 0 radical (unpaired) electrons. The van der Waals surface area contributed by atoms with Gasteiger partial charge in [0.2, 0.25) is 5.89 Å². The van der Waals surface area contributed by atoms with Gasteiger partial charge < -0.3 is 18.9 Å². The molecule has 1 aliphatic heterocycles. The van der Waals surface area contributed by atoms with Gasteiger partial charge in [0.1, 0.15) is 0 Å². The molecule has 1 aromatic carbocycles. The van der Waals surface area contributed by atoms with Crippen molar-refractivity contribution in [3.05, 3.63) is 35.5 Å². The van der Waals surface area contributed by atoms with Crippen LogP contribution >= 0.6 is 0 Å². The maximum atomic E-state index is 13.0. The summed E-state index contributed by atoms with van der Waals surface area (Å²) < 4.78 is 16.5. The van der Waals surface area contributed by atoms with Crippen molar-refractivity contribution >= 4 is 5.91 Å². The van der Waals surface area contributed by atoms with E-state index in [2.05, 4.69) is 10.1 Å². The Morgan fingerprint density at radius 3 is 2.73 bits per heavy atom. The molecular weight excluding hydrogens is 334 g/mol. The molecule has 3 rings (SSSR count). The zero-order valence-corrected chi connectivity index (χ0v) is 15.5. The van der Waals surface area contributed by atoms with Gasteiger partial charge >= 0.3 is 0 Å². The minimum absolute atomic E-state index is 0.0186. The van der Waals surface area contributed by atoms with E-state index in [0.717, 1.165) is 19.4 Å². The van der Waals surface area contributed by atoms with Crippen LogP contribution in [0.25, 0.3) is 0 Å². The zero-order valence-electron chi connectivity index (χ0n) is 15.5. The lowest BCUT2D eigenvalue weighted by Gasteiger charge is -2.31. The fraction of sp³-hybridized carbons (Fsp3) is 0.526. The average molecular weight is 359 g/mol. The summed E-state index contributed by atoms with van der Waals surface area (Å²) in [6.07, 6.45) is 1.85. The first-order valence-corrected chi connectivity index (χ1v) is 9.11. The van der Waals surface area contributed by atoms with Gasteiger partial charge in [-0.3, -0.25) is 4.79 Å². The second-order valence-corrected chi connectivity index (χ2v) is 6.30.